The van der Waals surface area contributed by atoms with Crippen LogP contribution < -0.4 is 0 Å². The second kappa shape index (κ2) is 5.54. The van der Waals surface area contributed by atoms with Crippen LogP contribution in [0.15, 0.2) is 12.3 Å². The van der Waals surface area contributed by atoms with Crippen LogP contribution in [0.1, 0.15) is 20.8 Å². The first-order chi connectivity index (χ1) is 2.81. The fourth-order valence-corrected chi connectivity index (χ4v) is 0.144. The van der Waals surface area contributed by atoms with Gasteiger partial charge < -0.3 is 4.74 Å². The second-order valence-electron chi connectivity index (χ2n) is 1.10. The molecule has 0 N–H and O–H groups in total. The molecule has 0 aliphatic carbocycles. The van der Waals surface area contributed by atoms with Gasteiger partial charge in [-0.2, -0.15) is 0 Å². The molecular weight excluding hydrogens is 88.1 g/mol. The number of methoxy groups -OCH3 is 1. The van der Waals surface area contributed by atoms with Gasteiger partial charge in [-0.15, -0.1) is 0 Å². The third kappa shape index (κ3) is 5.54. The molecule has 0 aliphatic heterocycles. The van der Waals surface area contributed by atoms with Gasteiger partial charge in [0.05, 0.1) is 12.9 Å². The third-order valence-electron chi connectivity index (χ3n) is 0.683. The Hall–Kier alpha value is -0.460. The van der Waals surface area contributed by atoms with E-state index in [0.717, 1.165) is 12.2 Å². The Morgan fingerprint density at radius 1 is 1.71 bits per heavy atom. The first kappa shape index (κ1) is 9.74. The van der Waals surface area contributed by atoms with Gasteiger partial charge in [0.25, 0.3) is 0 Å². The summed E-state index contributed by atoms with van der Waals surface area (Å²) >= 11 is 0. The molecule has 0 spiro atoms. The summed E-state index contributed by atoms with van der Waals surface area (Å²) in [5.41, 5.74) is 0. The molecule has 44 valence electrons. The van der Waals surface area contributed by atoms with E-state index in [0.29, 0.717) is 0 Å². The molecule has 0 saturated carbocycles. The molecule has 0 heterocycles. The quantitative estimate of drug-likeness (QED) is 0.485. The maximum atomic E-state index is 4.70. The molecule has 0 aromatic rings. The predicted octanol–water partition coefficient (Wildman–Crippen LogP) is 2.19. The molecule has 1 heteroatoms. The molecule has 0 aromatic carbocycles. The van der Waals surface area contributed by atoms with Crippen molar-refractivity contribution in [1.82, 2.24) is 0 Å². The molecule has 0 fully saturated rings. The normalized spacial score (nSPS) is 6.57. The zero-order valence-corrected chi connectivity index (χ0v) is 4.32. The highest BCUT2D eigenvalue weighted by atomic mass is 16.5. The molecule has 0 radical (unpaired) electrons. The Labute approximate surface area is 46.0 Å². The standard InChI is InChI=1S/C5H10O.CH4/c1-4-5(2)6-3;/h2,4H2,1,3H3;1H4. The van der Waals surface area contributed by atoms with Crippen molar-refractivity contribution < 1.29 is 4.74 Å². The van der Waals surface area contributed by atoms with Crippen LogP contribution in [0.5, 0.6) is 0 Å². The lowest BCUT2D eigenvalue weighted by molar-refractivity contribution is 0.283. The summed E-state index contributed by atoms with van der Waals surface area (Å²) in [7, 11) is 1.63. The van der Waals surface area contributed by atoms with Crippen molar-refractivity contribution in [3.05, 3.63) is 12.3 Å². The van der Waals surface area contributed by atoms with Crippen molar-refractivity contribution in [2.45, 2.75) is 20.8 Å². The van der Waals surface area contributed by atoms with Crippen LogP contribution in [-0.2, 0) is 4.74 Å². The van der Waals surface area contributed by atoms with Gasteiger partial charge in [-0.3, -0.25) is 0 Å². The third-order valence-corrected chi connectivity index (χ3v) is 0.683. The highest BCUT2D eigenvalue weighted by Gasteiger charge is 1.77. The monoisotopic (exact) mass is 102 g/mol. The van der Waals surface area contributed by atoms with E-state index in [-0.39, 0.29) is 7.43 Å². The van der Waals surface area contributed by atoms with Gasteiger partial charge >= 0.3 is 0 Å². The molecule has 0 rings (SSSR count). The summed E-state index contributed by atoms with van der Waals surface area (Å²) in [6, 6.07) is 0. The minimum Gasteiger partial charge on any atom is -0.502 e. The van der Waals surface area contributed by atoms with Crippen molar-refractivity contribution >= 4 is 0 Å². The van der Waals surface area contributed by atoms with E-state index in [2.05, 4.69) is 6.58 Å². The topological polar surface area (TPSA) is 9.23 Å². The van der Waals surface area contributed by atoms with Crippen molar-refractivity contribution in [1.29, 1.82) is 0 Å². The van der Waals surface area contributed by atoms with Crippen molar-refractivity contribution in [3.63, 3.8) is 0 Å². The van der Waals surface area contributed by atoms with Crippen LogP contribution in [0.2, 0.25) is 0 Å². The summed E-state index contributed by atoms with van der Waals surface area (Å²) in [5, 5.41) is 0. The smallest absolute Gasteiger partial charge is 0.0881 e. The average Bonchev–Trinajstić information content (AvgIpc) is 1.65. The summed E-state index contributed by atoms with van der Waals surface area (Å²) in [6.45, 7) is 5.58. The molecule has 0 aromatic heterocycles. The largest absolute Gasteiger partial charge is 0.502 e. The molecule has 1 nitrogen and oxygen atoms in total. The van der Waals surface area contributed by atoms with E-state index in [4.69, 9.17) is 4.74 Å². The zero-order chi connectivity index (χ0) is 4.99. The van der Waals surface area contributed by atoms with Crippen LogP contribution in [0.4, 0.5) is 0 Å². The molecule has 0 aliphatic rings. The van der Waals surface area contributed by atoms with Gasteiger partial charge in [-0.05, 0) is 0 Å². The van der Waals surface area contributed by atoms with Crippen molar-refractivity contribution in [3.8, 4) is 0 Å². The summed E-state index contributed by atoms with van der Waals surface area (Å²) < 4.78 is 4.70. The molecule has 0 atom stereocenters. The predicted molar refractivity (Wildman–Crippen MR) is 33.2 cm³/mol. The van der Waals surface area contributed by atoms with Gasteiger partial charge in [0, 0.05) is 6.42 Å². The summed E-state index contributed by atoms with van der Waals surface area (Å²) in [5.74, 6) is 0.843. The number of hydrogen-bond donors (Lipinski definition) is 0. The Kier molecular flexibility index (Phi) is 7.71. The fourth-order valence-electron chi connectivity index (χ4n) is 0.144. The van der Waals surface area contributed by atoms with Crippen LogP contribution in [-0.4, -0.2) is 7.11 Å². The van der Waals surface area contributed by atoms with Crippen molar-refractivity contribution in [2.75, 3.05) is 7.11 Å². The maximum absolute atomic E-state index is 4.70. The number of ether oxygens (including phenoxy) is 1. The Morgan fingerprint density at radius 2 is 2.14 bits per heavy atom. The van der Waals surface area contributed by atoms with Gasteiger partial charge in [0.2, 0.25) is 0 Å². The Balaban J connectivity index is 0. The highest BCUT2D eigenvalue weighted by molar-refractivity contribution is 4.77. The highest BCUT2D eigenvalue weighted by Crippen LogP contribution is 1.92. The van der Waals surface area contributed by atoms with E-state index in [9.17, 15) is 0 Å². The van der Waals surface area contributed by atoms with Gasteiger partial charge in [0.15, 0.2) is 0 Å². The van der Waals surface area contributed by atoms with Crippen LogP contribution >= 0.6 is 0 Å². The first-order valence-corrected chi connectivity index (χ1v) is 2.03. The molecule has 0 bridgehead atoms. The van der Waals surface area contributed by atoms with Gasteiger partial charge in [0.1, 0.15) is 0 Å². The lowest BCUT2D eigenvalue weighted by Gasteiger charge is -1.94. The van der Waals surface area contributed by atoms with Gasteiger partial charge in [-0.1, -0.05) is 20.9 Å². The minimum atomic E-state index is 0. The summed E-state index contributed by atoms with van der Waals surface area (Å²) in [6.07, 6.45) is 0.913. The van der Waals surface area contributed by atoms with Crippen LogP contribution in [0, 0.1) is 0 Å². The van der Waals surface area contributed by atoms with E-state index < -0.39 is 0 Å². The minimum absolute atomic E-state index is 0. The molecule has 7 heavy (non-hydrogen) atoms. The Bertz CT molecular complexity index is 42.1. The SMILES string of the molecule is C.C=C(CC)OC. The molecule has 0 saturated heterocycles. The molecule has 0 amide bonds. The lowest BCUT2D eigenvalue weighted by Crippen LogP contribution is -1.77. The average molecular weight is 102 g/mol. The van der Waals surface area contributed by atoms with Crippen LogP contribution in [0.3, 0.4) is 0 Å². The number of rotatable bonds is 2. The van der Waals surface area contributed by atoms with E-state index in [1.54, 1.807) is 7.11 Å². The van der Waals surface area contributed by atoms with E-state index >= 15 is 0 Å². The van der Waals surface area contributed by atoms with Crippen LogP contribution in [0.25, 0.3) is 0 Å². The molecular formula is C6H14O. The number of allylic oxidation sites excluding steroid dienone is 1. The van der Waals surface area contributed by atoms with E-state index in [1.165, 1.54) is 0 Å². The number of hydrogen-bond acceptors (Lipinski definition) is 1. The lowest BCUT2D eigenvalue weighted by atomic mass is 10.4. The Morgan fingerprint density at radius 3 is 2.14 bits per heavy atom. The second-order valence-corrected chi connectivity index (χ2v) is 1.10. The van der Waals surface area contributed by atoms with Gasteiger partial charge in [-0.25, -0.2) is 0 Å². The first-order valence-electron chi connectivity index (χ1n) is 2.03. The maximum Gasteiger partial charge on any atom is 0.0881 e. The fraction of sp³-hybridized carbons (Fsp3) is 0.667. The molecule has 0 unspecified atom stereocenters. The summed E-state index contributed by atoms with van der Waals surface area (Å²) in [4.78, 5) is 0. The van der Waals surface area contributed by atoms with E-state index in [1.807, 2.05) is 6.92 Å². The zero-order valence-electron chi connectivity index (χ0n) is 4.32. The van der Waals surface area contributed by atoms with Crippen molar-refractivity contribution in [2.24, 2.45) is 0 Å².